The van der Waals surface area contributed by atoms with Gasteiger partial charge in [-0.2, -0.15) is 0 Å². The summed E-state index contributed by atoms with van der Waals surface area (Å²) in [7, 11) is 0. The van der Waals surface area contributed by atoms with Crippen molar-refractivity contribution in [2.75, 3.05) is 0 Å². The van der Waals surface area contributed by atoms with Gasteiger partial charge in [0.05, 0.1) is 5.60 Å². The van der Waals surface area contributed by atoms with Gasteiger partial charge in [-0.05, 0) is 105 Å². The van der Waals surface area contributed by atoms with Crippen LogP contribution in [0.4, 0.5) is 0 Å². The second-order valence-corrected chi connectivity index (χ2v) is 12.6. The van der Waals surface area contributed by atoms with E-state index >= 15 is 0 Å². The molecule has 3 saturated carbocycles. The van der Waals surface area contributed by atoms with E-state index in [2.05, 4.69) is 47.6 Å². The normalized spacial score (nSPS) is 49.2. The zero-order valence-corrected chi connectivity index (χ0v) is 19.6. The second-order valence-electron chi connectivity index (χ2n) is 12.6. The van der Waals surface area contributed by atoms with Crippen molar-refractivity contribution in [2.45, 2.75) is 111 Å². The molecule has 0 aromatic carbocycles. The minimum atomic E-state index is -0.467. The van der Waals surface area contributed by atoms with E-state index in [9.17, 15) is 5.11 Å². The molecule has 0 aromatic rings. The van der Waals surface area contributed by atoms with Gasteiger partial charge in [-0.1, -0.05) is 59.1 Å². The van der Waals surface area contributed by atoms with Crippen LogP contribution < -0.4 is 0 Å². The maximum absolute atomic E-state index is 10.7. The van der Waals surface area contributed by atoms with Crippen molar-refractivity contribution < 1.29 is 5.11 Å². The van der Waals surface area contributed by atoms with Crippen LogP contribution in [0.2, 0.25) is 0 Å². The fraction of sp³-hybridized carbons (Fsp3) is 0.926. The van der Waals surface area contributed by atoms with Crippen LogP contribution in [0.1, 0.15) is 106 Å². The third-order valence-electron chi connectivity index (χ3n) is 10.3. The first-order chi connectivity index (χ1) is 13.1. The summed E-state index contributed by atoms with van der Waals surface area (Å²) in [6.07, 6.45) is 15.7. The van der Waals surface area contributed by atoms with Crippen LogP contribution in [-0.2, 0) is 0 Å². The van der Waals surface area contributed by atoms with Crippen LogP contribution in [0.25, 0.3) is 0 Å². The molecule has 4 rings (SSSR count). The largest absolute Gasteiger partial charge is 0.390 e. The molecule has 1 nitrogen and oxygen atoms in total. The molecule has 0 aromatic heterocycles. The predicted octanol–water partition coefficient (Wildman–Crippen LogP) is 7.39. The maximum atomic E-state index is 10.7. The van der Waals surface area contributed by atoms with Gasteiger partial charge in [0.1, 0.15) is 0 Å². The van der Waals surface area contributed by atoms with Crippen molar-refractivity contribution in [3.8, 4) is 0 Å². The topological polar surface area (TPSA) is 20.2 Å². The van der Waals surface area contributed by atoms with Gasteiger partial charge in [0.2, 0.25) is 0 Å². The molecule has 0 bridgehead atoms. The smallest absolute Gasteiger partial charge is 0.0657 e. The van der Waals surface area contributed by atoms with Crippen molar-refractivity contribution in [3.63, 3.8) is 0 Å². The van der Waals surface area contributed by atoms with Crippen LogP contribution in [0.3, 0.4) is 0 Å². The molecule has 4 aliphatic carbocycles. The minimum absolute atomic E-state index is 0.369. The molecule has 4 aliphatic rings. The molecule has 160 valence electrons. The highest BCUT2D eigenvalue weighted by molar-refractivity contribution is 5.26. The quantitative estimate of drug-likeness (QED) is 0.499. The Hall–Kier alpha value is -0.300. The Morgan fingerprint density at radius 3 is 2.43 bits per heavy atom. The summed E-state index contributed by atoms with van der Waals surface area (Å²) in [6.45, 7) is 14.6. The van der Waals surface area contributed by atoms with E-state index in [-0.39, 0.29) is 0 Å². The molecular formula is C27H46O. The number of rotatable bonds is 4. The molecule has 8 atom stereocenters. The minimum Gasteiger partial charge on any atom is -0.390 e. The number of allylic oxidation sites excluding steroid dienone is 1. The third-order valence-corrected chi connectivity index (χ3v) is 10.3. The second kappa shape index (κ2) is 7.14. The van der Waals surface area contributed by atoms with Gasteiger partial charge in [0.15, 0.2) is 0 Å². The number of hydrogen-bond donors (Lipinski definition) is 1. The summed E-state index contributed by atoms with van der Waals surface area (Å²) in [4.78, 5) is 0. The highest BCUT2D eigenvalue weighted by Gasteiger charge is 2.59. The lowest BCUT2D eigenvalue weighted by molar-refractivity contribution is -0.0706. The Balaban J connectivity index is 1.54. The molecule has 0 amide bonds. The van der Waals surface area contributed by atoms with E-state index in [1.54, 1.807) is 5.57 Å². The van der Waals surface area contributed by atoms with Crippen molar-refractivity contribution in [1.82, 2.24) is 0 Å². The van der Waals surface area contributed by atoms with E-state index in [0.29, 0.717) is 10.8 Å². The summed E-state index contributed by atoms with van der Waals surface area (Å²) < 4.78 is 0. The van der Waals surface area contributed by atoms with Crippen LogP contribution >= 0.6 is 0 Å². The molecule has 0 radical (unpaired) electrons. The Labute approximate surface area is 174 Å². The molecule has 0 unspecified atom stereocenters. The summed E-state index contributed by atoms with van der Waals surface area (Å²) in [5.41, 5.74) is 2.09. The average Bonchev–Trinajstić information content (AvgIpc) is 2.97. The molecule has 3 fully saturated rings. The van der Waals surface area contributed by atoms with Crippen LogP contribution in [0.15, 0.2) is 11.6 Å². The van der Waals surface area contributed by atoms with Crippen LogP contribution in [0, 0.1) is 46.3 Å². The Bertz CT molecular complexity index is 616. The molecule has 0 heterocycles. The van der Waals surface area contributed by atoms with Gasteiger partial charge < -0.3 is 5.11 Å². The van der Waals surface area contributed by atoms with Crippen molar-refractivity contribution in [3.05, 3.63) is 11.6 Å². The SMILES string of the molecule is CC(C)CC[C@@H](C)[C@H]1CC[C@H]2[C@@H]3CC=C4C[C@@](C)(O)CC[C@]4(C)[C@H]3CC[C@]12C. The standard InChI is InChI=1S/C27H46O/c1-18(2)7-8-19(3)22-11-12-23-21-10-9-20-17-25(4,28)15-16-26(20,5)24(21)13-14-27(22,23)6/h9,18-19,21-24,28H,7-8,10-17H2,1-6H3/t19-,21+,22-,23+,24+,25+,26+,27-/m1/s1. The Morgan fingerprint density at radius 1 is 0.964 bits per heavy atom. The lowest BCUT2D eigenvalue weighted by Crippen LogP contribution is -2.52. The zero-order valence-electron chi connectivity index (χ0n) is 19.6. The van der Waals surface area contributed by atoms with E-state index in [0.717, 1.165) is 48.3 Å². The van der Waals surface area contributed by atoms with E-state index in [1.807, 2.05) is 0 Å². The lowest BCUT2D eigenvalue weighted by Gasteiger charge is -2.59. The molecule has 0 saturated heterocycles. The monoisotopic (exact) mass is 386 g/mol. The fourth-order valence-electron chi connectivity index (χ4n) is 8.58. The molecule has 0 spiro atoms. The third kappa shape index (κ3) is 3.32. The van der Waals surface area contributed by atoms with Gasteiger partial charge in [0.25, 0.3) is 0 Å². The van der Waals surface area contributed by atoms with Crippen LogP contribution in [-0.4, -0.2) is 10.7 Å². The van der Waals surface area contributed by atoms with Gasteiger partial charge in [-0.15, -0.1) is 0 Å². The number of hydrogen-bond acceptors (Lipinski definition) is 1. The lowest BCUT2D eigenvalue weighted by atomic mass is 9.46. The van der Waals surface area contributed by atoms with Gasteiger partial charge in [0, 0.05) is 0 Å². The average molecular weight is 387 g/mol. The summed E-state index contributed by atoms with van der Waals surface area (Å²) in [6, 6.07) is 0. The van der Waals surface area contributed by atoms with Crippen LogP contribution in [0.5, 0.6) is 0 Å². The van der Waals surface area contributed by atoms with E-state index < -0.39 is 5.60 Å². The Kier molecular flexibility index (Phi) is 5.34. The predicted molar refractivity (Wildman–Crippen MR) is 119 cm³/mol. The summed E-state index contributed by atoms with van der Waals surface area (Å²) >= 11 is 0. The molecule has 28 heavy (non-hydrogen) atoms. The van der Waals surface area contributed by atoms with Crippen molar-refractivity contribution >= 4 is 0 Å². The zero-order chi connectivity index (χ0) is 20.3. The fourth-order valence-corrected chi connectivity index (χ4v) is 8.58. The number of aliphatic hydroxyl groups is 1. The van der Waals surface area contributed by atoms with E-state index in [4.69, 9.17) is 0 Å². The molecule has 1 heteroatoms. The molecule has 0 aliphatic heterocycles. The highest BCUT2D eigenvalue weighted by Crippen LogP contribution is 2.67. The maximum Gasteiger partial charge on any atom is 0.0657 e. The number of fused-ring (bicyclic) bond motifs is 5. The summed E-state index contributed by atoms with van der Waals surface area (Å²) in [5.74, 6) is 5.39. The first-order valence-electron chi connectivity index (χ1n) is 12.5. The first kappa shape index (κ1) is 21.0. The molecule has 1 N–H and O–H groups in total. The summed E-state index contributed by atoms with van der Waals surface area (Å²) in [5, 5.41) is 10.7. The highest BCUT2D eigenvalue weighted by atomic mass is 16.3. The van der Waals surface area contributed by atoms with Gasteiger partial charge >= 0.3 is 0 Å². The van der Waals surface area contributed by atoms with E-state index in [1.165, 1.54) is 51.4 Å². The first-order valence-corrected chi connectivity index (χ1v) is 12.5. The molecular weight excluding hydrogens is 340 g/mol. The van der Waals surface area contributed by atoms with Gasteiger partial charge in [-0.3, -0.25) is 0 Å². The Morgan fingerprint density at radius 2 is 1.71 bits per heavy atom. The van der Waals surface area contributed by atoms with Crippen molar-refractivity contribution in [2.24, 2.45) is 46.3 Å². The van der Waals surface area contributed by atoms with Crippen molar-refractivity contribution in [1.29, 1.82) is 0 Å². The van der Waals surface area contributed by atoms with Gasteiger partial charge in [-0.25, -0.2) is 0 Å².